The Morgan fingerprint density at radius 1 is 1.24 bits per heavy atom. The van der Waals surface area contributed by atoms with Crippen molar-refractivity contribution >= 4 is 28.9 Å². The van der Waals surface area contributed by atoms with Crippen LogP contribution in [0.5, 0.6) is 0 Å². The summed E-state index contributed by atoms with van der Waals surface area (Å²) in [6.07, 6.45) is 6.09. The SMILES string of the molecule is C[C@]12Cc3cnn(-c4ccc(F)nc4)c3C=C1CC[C@H]1[C@@H]3CC[C@](OC(=O)C4CCOC4)(C(=O)SCC#N)[C@@]3(C)C[C@H](O)[C@@]12F. The lowest BCUT2D eigenvalue weighted by Gasteiger charge is -2.63. The summed E-state index contributed by atoms with van der Waals surface area (Å²) >= 11 is 0.824. The number of halogens is 2. The van der Waals surface area contributed by atoms with Crippen LogP contribution in [-0.2, 0) is 25.5 Å². The van der Waals surface area contributed by atoms with Crippen molar-refractivity contribution in [1.82, 2.24) is 14.8 Å². The Kier molecular flexibility index (Phi) is 7.26. The van der Waals surface area contributed by atoms with E-state index in [1.54, 1.807) is 16.9 Å². The highest BCUT2D eigenvalue weighted by atomic mass is 32.2. The topological polar surface area (TPSA) is 127 Å². The lowest BCUT2D eigenvalue weighted by molar-refractivity contribution is -0.229. The van der Waals surface area contributed by atoms with E-state index in [1.807, 2.05) is 26.0 Å². The summed E-state index contributed by atoms with van der Waals surface area (Å²) < 4.78 is 44.9. The summed E-state index contributed by atoms with van der Waals surface area (Å²) in [7, 11) is 0. The van der Waals surface area contributed by atoms with E-state index in [2.05, 4.69) is 10.1 Å². The van der Waals surface area contributed by atoms with Crippen LogP contribution in [0.25, 0.3) is 11.8 Å². The number of pyridine rings is 1. The number of allylic oxidation sites excluding steroid dienone is 1. The average molecular weight is 639 g/mol. The summed E-state index contributed by atoms with van der Waals surface area (Å²) in [5.41, 5.74) is -2.58. The van der Waals surface area contributed by atoms with Crippen molar-refractivity contribution in [2.75, 3.05) is 19.0 Å². The molecule has 1 saturated heterocycles. The third-order valence-corrected chi connectivity index (χ3v) is 12.7. The van der Waals surface area contributed by atoms with Crippen LogP contribution in [0, 0.1) is 45.9 Å². The molecule has 9 nitrogen and oxygen atoms in total. The normalized spacial score (nSPS) is 38.3. The van der Waals surface area contributed by atoms with Gasteiger partial charge in [0.25, 0.3) is 0 Å². The zero-order valence-corrected chi connectivity index (χ0v) is 26.1. The highest BCUT2D eigenvalue weighted by molar-refractivity contribution is 8.14. The number of hydrogen-bond donors (Lipinski definition) is 1. The lowest BCUT2D eigenvalue weighted by atomic mass is 9.44. The zero-order chi connectivity index (χ0) is 31.8. The molecule has 7 rings (SSSR count). The smallest absolute Gasteiger partial charge is 0.312 e. The van der Waals surface area contributed by atoms with Gasteiger partial charge in [0.1, 0.15) is 5.67 Å². The molecule has 0 radical (unpaired) electrons. The van der Waals surface area contributed by atoms with Gasteiger partial charge in [0.15, 0.2) is 5.60 Å². The van der Waals surface area contributed by atoms with Crippen LogP contribution < -0.4 is 0 Å². The number of carbonyl (C=O) groups is 2. The van der Waals surface area contributed by atoms with Crippen LogP contribution in [0.15, 0.2) is 30.1 Å². The van der Waals surface area contributed by atoms with Gasteiger partial charge >= 0.3 is 5.97 Å². The minimum Gasteiger partial charge on any atom is -0.449 e. The molecule has 12 heteroatoms. The molecule has 1 unspecified atom stereocenters. The fourth-order valence-corrected chi connectivity index (χ4v) is 10.3. The van der Waals surface area contributed by atoms with E-state index in [1.165, 1.54) is 12.3 Å². The van der Waals surface area contributed by atoms with E-state index in [9.17, 15) is 24.3 Å². The van der Waals surface area contributed by atoms with Crippen LogP contribution in [0.4, 0.5) is 8.78 Å². The minimum atomic E-state index is -2.01. The molecule has 0 spiro atoms. The Hall–Kier alpha value is -3.14. The predicted molar refractivity (Wildman–Crippen MR) is 160 cm³/mol. The fraction of sp³-hybridized carbons (Fsp3) is 0.606. The second-order valence-electron chi connectivity index (χ2n) is 13.7. The van der Waals surface area contributed by atoms with Gasteiger partial charge in [-0.1, -0.05) is 31.2 Å². The van der Waals surface area contributed by atoms with Gasteiger partial charge in [0.2, 0.25) is 11.1 Å². The van der Waals surface area contributed by atoms with Crippen LogP contribution in [0.1, 0.15) is 63.6 Å². The number of nitrogens with zero attached hydrogens (tertiary/aromatic N) is 4. The first-order chi connectivity index (χ1) is 21.5. The molecule has 1 aliphatic heterocycles. The molecule has 45 heavy (non-hydrogen) atoms. The molecule has 3 saturated carbocycles. The molecule has 2 aromatic rings. The van der Waals surface area contributed by atoms with Gasteiger partial charge in [-0.25, -0.2) is 14.1 Å². The van der Waals surface area contributed by atoms with E-state index in [0.29, 0.717) is 44.4 Å². The average Bonchev–Trinajstić information content (AvgIpc) is 3.75. The maximum absolute atomic E-state index is 18.1. The van der Waals surface area contributed by atoms with Crippen LogP contribution in [-0.4, -0.2) is 67.3 Å². The summed E-state index contributed by atoms with van der Waals surface area (Å²) in [5, 5.41) is 25.3. The molecular formula is C33H36F2N4O5S. The molecule has 3 heterocycles. The first-order valence-electron chi connectivity index (χ1n) is 15.6. The third kappa shape index (κ3) is 4.22. The van der Waals surface area contributed by atoms with E-state index in [4.69, 9.17) is 9.47 Å². The number of rotatable bonds is 5. The number of alkyl halides is 1. The highest BCUT2D eigenvalue weighted by Gasteiger charge is 2.76. The maximum Gasteiger partial charge on any atom is 0.312 e. The number of aromatic nitrogens is 3. The molecule has 8 atom stereocenters. The Morgan fingerprint density at radius 3 is 2.78 bits per heavy atom. The van der Waals surface area contributed by atoms with Gasteiger partial charge < -0.3 is 14.6 Å². The first kappa shape index (κ1) is 30.5. The number of nitriles is 1. The second kappa shape index (κ2) is 10.7. The maximum atomic E-state index is 18.1. The van der Waals surface area contributed by atoms with E-state index >= 15 is 4.39 Å². The van der Waals surface area contributed by atoms with E-state index < -0.39 is 57.1 Å². The number of ether oxygens (including phenoxy) is 2. The number of thioether (sulfide) groups is 1. The van der Waals surface area contributed by atoms with Gasteiger partial charge in [-0.2, -0.15) is 14.8 Å². The third-order valence-electron chi connectivity index (χ3n) is 11.8. The lowest BCUT2D eigenvalue weighted by Crippen LogP contribution is -2.70. The largest absolute Gasteiger partial charge is 0.449 e. The van der Waals surface area contributed by atoms with Crippen LogP contribution in [0.3, 0.4) is 0 Å². The van der Waals surface area contributed by atoms with Gasteiger partial charge in [-0.3, -0.25) is 9.59 Å². The Labute approximate surface area is 264 Å². The van der Waals surface area contributed by atoms with Crippen molar-refractivity contribution in [3.63, 3.8) is 0 Å². The fourth-order valence-electron chi connectivity index (χ4n) is 9.48. The molecular weight excluding hydrogens is 602 g/mol. The quantitative estimate of drug-likeness (QED) is 0.365. The molecule has 4 aliphatic carbocycles. The second-order valence-corrected chi connectivity index (χ2v) is 14.7. The van der Waals surface area contributed by atoms with Gasteiger partial charge in [0.05, 0.1) is 54.2 Å². The van der Waals surface area contributed by atoms with Gasteiger partial charge in [0, 0.05) is 23.4 Å². The van der Waals surface area contributed by atoms with Crippen molar-refractivity contribution in [1.29, 1.82) is 5.26 Å². The number of fused-ring (bicyclic) bond motifs is 6. The predicted octanol–water partition coefficient (Wildman–Crippen LogP) is 4.75. The Bertz CT molecular complexity index is 1620. The molecule has 0 aromatic carbocycles. The van der Waals surface area contributed by atoms with Crippen molar-refractivity contribution in [2.24, 2.45) is 28.6 Å². The number of aliphatic hydroxyl groups is 1. The summed E-state index contributed by atoms with van der Waals surface area (Å²) in [5.74, 6) is -2.61. The first-order valence-corrected chi connectivity index (χ1v) is 16.6. The number of aliphatic hydroxyl groups excluding tert-OH is 1. The highest BCUT2D eigenvalue weighted by Crippen LogP contribution is 2.71. The number of hydrogen-bond acceptors (Lipinski definition) is 9. The Balaban J connectivity index is 1.25. The Morgan fingerprint density at radius 2 is 2.07 bits per heavy atom. The number of carbonyl (C=O) groups excluding carboxylic acids is 2. The van der Waals surface area contributed by atoms with Gasteiger partial charge in [-0.15, -0.1) is 0 Å². The van der Waals surface area contributed by atoms with Crippen molar-refractivity contribution < 1.29 is 33.0 Å². The molecule has 0 amide bonds. The van der Waals surface area contributed by atoms with E-state index in [-0.39, 0.29) is 31.1 Å². The molecule has 1 N–H and O–H groups in total. The molecule has 0 bridgehead atoms. The van der Waals surface area contributed by atoms with E-state index in [0.717, 1.165) is 28.6 Å². The monoisotopic (exact) mass is 638 g/mol. The summed E-state index contributed by atoms with van der Waals surface area (Å²) in [6, 6.07) is 4.85. The number of esters is 1. The summed E-state index contributed by atoms with van der Waals surface area (Å²) in [6.45, 7) is 4.40. The molecule has 4 fully saturated rings. The van der Waals surface area contributed by atoms with Crippen molar-refractivity contribution in [3.05, 3.63) is 47.3 Å². The van der Waals surface area contributed by atoms with Crippen molar-refractivity contribution in [3.8, 4) is 11.8 Å². The minimum absolute atomic E-state index is 0.0613. The van der Waals surface area contributed by atoms with Crippen LogP contribution >= 0.6 is 11.8 Å². The molecule has 2 aromatic heterocycles. The van der Waals surface area contributed by atoms with Gasteiger partial charge in [-0.05, 0) is 74.6 Å². The molecule has 5 aliphatic rings. The van der Waals surface area contributed by atoms with Crippen LogP contribution in [0.2, 0.25) is 0 Å². The zero-order valence-electron chi connectivity index (χ0n) is 25.3. The summed E-state index contributed by atoms with van der Waals surface area (Å²) in [4.78, 5) is 31.1. The molecule has 238 valence electrons. The standard InChI is InChI=1S/C33H36F2N4O5S/c1-30-14-20-16-38-39(22-4-6-27(34)37-17-22)25(20)13-21(30)3-5-24-23-7-9-32(29(42)45-12-10-36,44-28(41)19-8-11-43-18-19)31(23,2)15-26(40)33(24,30)35/h4,6,13,16-17,19,23-24,26,40H,3,5,7-9,11-12,14-15,18H2,1-2H3/t19?,23-,24-,26-,30-,31-,32-,33-/m0/s1. The van der Waals surface area contributed by atoms with Crippen molar-refractivity contribution in [2.45, 2.75) is 76.2 Å².